The number of halogens is 1. The SMILES string of the molecule is Cc1c(Cl)nc2ncnn2c1NC(C)c1ncc[nH]1. The fraction of sp³-hybridized carbons (Fsp3) is 0.273. The monoisotopic (exact) mass is 277 g/mol. The number of fused-ring (bicyclic) bond motifs is 1. The minimum absolute atomic E-state index is 0.0143. The third-order valence-corrected chi connectivity index (χ3v) is 3.26. The summed E-state index contributed by atoms with van der Waals surface area (Å²) in [6.07, 6.45) is 4.94. The number of aromatic amines is 1. The van der Waals surface area contributed by atoms with E-state index in [4.69, 9.17) is 11.6 Å². The van der Waals surface area contributed by atoms with Crippen LogP contribution in [-0.4, -0.2) is 29.5 Å². The van der Waals surface area contributed by atoms with Crippen LogP contribution in [0.5, 0.6) is 0 Å². The highest BCUT2D eigenvalue weighted by atomic mass is 35.5. The second-order valence-electron chi connectivity index (χ2n) is 4.19. The van der Waals surface area contributed by atoms with E-state index in [1.165, 1.54) is 6.33 Å². The zero-order chi connectivity index (χ0) is 13.4. The van der Waals surface area contributed by atoms with E-state index in [0.29, 0.717) is 10.9 Å². The Hall–Kier alpha value is -2.15. The lowest BCUT2D eigenvalue weighted by atomic mass is 10.3. The highest BCUT2D eigenvalue weighted by Crippen LogP contribution is 2.25. The summed E-state index contributed by atoms with van der Waals surface area (Å²) in [5.41, 5.74) is 0.818. The first kappa shape index (κ1) is 11.9. The fourth-order valence-corrected chi connectivity index (χ4v) is 2.02. The standard InChI is InChI=1S/C11H12ClN7/c1-6-8(12)18-11-15-5-16-19(11)10(6)17-7(2)9-13-3-4-14-9/h3-5,7,17H,1-2H3,(H,13,14). The molecule has 0 aromatic carbocycles. The van der Waals surface area contributed by atoms with Gasteiger partial charge in [0.25, 0.3) is 5.78 Å². The van der Waals surface area contributed by atoms with E-state index in [1.807, 2.05) is 13.8 Å². The van der Waals surface area contributed by atoms with Gasteiger partial charge in [0.2, 0.25) is 0 Å². The molecule has 3 aromatic rings. The van der Waals surface area contributed by atoms with Gasteiger partial charge < -0.3 is 10.3 Å². The Balaban J connectivity index is 2.04. The first-order chi connectivity index (χ1) is 9.16. The van der Waals surface area contributed by atoms with Crippen molar-refractivity contribution in [3.63, 3.8) is 0 Å². The number of imidazole rings is 1. The molecule has 19 heavy (non-hydrogen) atoms. The van der Waals surface area contributed by atoms with Crippen LogP contribution in [0.25, 0.3) is 5.78 Å². The highest BCUT2D eigenvalue weighted by molar-refractivity contribution is 6.30. The lowest BCUT2D eigenvalue weighted by Gasteiger charge is -2.16. The third kappa shape index (κ3) is 2.01. The highest BCUT2D eigenvalue weighted by Gasteiger charge is 2.15. The lowest BCUT2D eigenvalue weighted by Crippen LogP contribution is -2.14. The predicted molar refractivity (Wildman–Crippen MR) is 71.2 cm³/mol. The molecule has 0 radical (unpaired) electrons. The van der Waals surface area contributed by atoms with Crippen molar-refractivity contribution in [2.75, 3.05) is 5.32 Å². The molecular formula is C11H12ClN7. The van der Waals surface area contributed by atoms with Gasteiger partial charge >= 0.3 is 0 Å². The molecule has 0 bridgehead atoms. The molecule has 2 N–H and O–H groups in total. The molecule has 0 saturated carbocycles. The van der Waals surface area contributed by atoms with Crippen molar-refractivity contribution in [2.24, 2.45) is 0 Å². The number of H-pyrrole nitrogens is 1. The van der Waals surface area contributed by atoms with Crippen LogP contribution in [0.1, 0.15) is 24.4 Å². The molecule has 3 rings (SSSR count). The van der Waals surface area contributed by atoms with Gasteiger partial charge in [-0.15, -0.1) is 0 Å². The number of anilines is 1. The Morgan fingerprint density at radius 1 is 1.42 bits per heavy atom. The smallest absolute Gasteiger partial charge is 0.255 e. The first-order valence-corrected chi connectivity index (χ1v) is 6.16. The molecule has 0 spiro atoms. The Labute approximate surface area is 114 Å². The Bertz CT molecular complexity index is 703. The topological polar surface area (TPSA) is 83.8 Å². The van der Waals surface area contributed by atoms with Gasteiger partial charge in [0, 0.05) is 18.0 Å². The summed E-state index contributed by atoms with van der Waals surface area (Å²) in [6, 6.07) is -0.0143. The first-order valence-electron chi connectivity index (χ1n) is 5.78. The number of aromatic nitrogens is 6. The van der Waals surface area contributed by atoms with E-state index < -0.39 is 0 Å². The van der Waals surface area contributed by atoms with Crippen molar-refractivity contribution in [2.45, 2.75) is 19.9 Å². The number of hydrogen-bond acceptors (Lipinski definition) is 5. The van der Waals surface area contributed by atoms with Crippen LogP contribution in [0.15, 0.2) is 18.7 Å². The van der Waals surface area contributed by atoms with Gasteiger partial charge in [-0.05, 0) is 13.8 Å². The summed E-state index contributed by atoms with van der Waals surface area (Å²) in [5, 5.41) is 7.88. The van der Waals surface area contributed by atoms with Crippen LogP contribution in [0.4, 0.5) is 5.82 Å². The average molecular weight is 278 g/mol. The predicted octanol–water partition coefficient (Wildman–Crippen LogP) is 1.98. The average Bonchev–Trinajstić information content (AvgIpc) is 3.04. The normalized spacial score (nSPS) is 12.8. The van der Waals surface area contributed by atoms with Gasteiger partial charge in [-0.1, -0.05) is 11.6 Å². The molecule has 0 aliphatic rings. The molecule has 0 fully saturated rings. The summed E-state index contributed by atoms with van der Waals surface area (Å²) in [6.45, 7) is 3.88. The van der Waals surface area contributed by atoms with Gasteiger partial charge in [0.1, 0.15) is 23.1 Å². The van der Waals surface area contributed by atoms with Crippen LogP contribution in [-0.2, 0) is 0 Å². The minimum atomic E-state index is -0.0143. The summed E-state index contributed by atoms with van der Waals surface area (Å²) < 4.78 is 1.63. The molecule has 3 aromatic heterocycles. The molecular weight excluding hydrogens is 266 g/mol. The second-order valence-corrected chi connectivity index (χ2v) is 4.55. The largest absolute Gasteiger partial charge is 0.360 e. The molecule has 1 unspecified atom stereocenters. The molecule has 1 atom stereocenters. The molecule has 8 heteroatoms. The zero-order valence-electron chi connectivity index (χ0n) is 10.4. The Kier molecular flexibility index (Phi) is 2.83. The maximum absolute atomic E-state index is 6.10. The van der Waals surface area contributed by atoms with Gasteiger partial charge in [-0.25, -0.2) is 4.98 Å². The van der Waals surface area contributed by atoms with Crippen molar-refractivity contribution >= 4 is 23.2 Å². The summed E-state index contributed by atoms with van der Waals surface area (Å²) in [5.74, 6) is 2.06. The maximum Gasteiger partial charge on any atom is 0.255 e. The number of nitrogens with one attached hydrogen (secondary N) is 2. The van der Waals surface area contributed by atoms with Gasteiger partial charge in [-0.3, -0.25) is 0 Å². The quantitative estimate of drug-likeness (QED) is 0.715. The second kappa shape index (κ2) is 4.51. The third-order valence-electron chi connectivity index (χ3n) is 2.89. The molecule has 98 valence electrons. The summed E-state index contributed by atoms with van der Waals surface area (Å²) in [7, 11) is 0. The summed E-state index contributed by atoms with van der Waals surface area (Å²) >= 11 is 6.10. The van der Waals surface area contributed by atoms with Crippen LogP contribution in [0.3, 0.4) is 0 Å². The zero-order valence-corrected chi connectivity index (χ0v) is 11.2. The van der Waals surface area contributed by atoms with E-state index in [9.17, 15) is 0 Å². The van der Waals surface area contributed by atoms with Crippen molar-refractivity contribution in [1.29, 1.82) is 0 Å². The number of rotatable bonds is 3. The van der Waals surface area contributed by atoms with Crippen LogP contribution in [0.2, 0.25) is 5.15 Å². The molecule has 0 aliphatic carbocycles. The van der Waals surface area contributed by atoms with Crippen LogP contribution in [0, 0.1) is 6.92 Å². The van der Waals surface area contributed by atoms with Crippen LogP contribution < -0.4 is 5.32 Å². The Morgan fingerprint density at radius 2 is 2.26 bits per heavy atom. The van der Waals surface area contributed by atoms with E-state index in [2.05, 4.69) is 30.4 Å². The van der Waals surface area contributed by atoms with E-state index in [1.54, 1.807) is 16.9 Å². The molecule has 0 aliphatic heterocycles. The van der Waals surface area contributed by atoms with Crippen molar-refractivity contribution < 1.29 is 0 Å². The molecule has 7 nitrogen and oxygen atoms in total. The number of nitrogens with zero attached hydrogens (tertiary/aromatic N) is 5. The Morgan fingerprint density at radius 3 is 3.00 bits per heavy atom. The maximum atomic E-state index is 6.10. The van der Waals surface area contributed by atoms with E-state index in [0.717, 1.165) is 17.2 Å². The minimum Gasteiger partial charge on any atom is -0.360 e. The molecule has 3 heterocycles. The van der Waals surface area contributed by atoms with Gasteiger partial charge in [0.15, 0.2) is 0 Å². The van der Waals surface area contributed by atoms with Gasteiger partial charge in [-0.2, -0.15) is 19.6 Å². The van der Waals surface area contributed by atoms with Crippen molar-refractivity contribution in [3.05, 3.63) is 35.3 Å². The van der Waals surface area contributed by atoms with E-state index >= 15 is 0 Å². The summed E-state index contributed by atoms with van der Waals surface area (Å²) in [4.78, 5) is 15.5. The van der Waals surface area contributed by atoms with Crippen molar-refractivity contribution in [3.8, 4) is 0 Å². The molecule has 0 amide bonds. The van der Waals surface area contributed by atoms with Gasteiger partial charge in [0.05, 0.1) is 6.04 Å². The fourth-order valence-electron chi connectivity index (χ4n) is 1.85. The van der Waals surface area contributed by atoms with Crippen LogP contribution >= 0.6 is 11.6 Å². The number of hydrogen-bond donors (Lipinski definition) is 2. The molecule has 0 saturated heterocycles. The van der Waals surface area contributed by atoms with E-state index in [-0.39, 0.29) is 6.04 Å². The van der Waals surface area contributed by atoms with Crippen molar-refractivity contribution in [1.82, 2.24) is 29.5 Å². The lowest BCUT2D eigenvalue weighted by molar-refractivity contribution is 0.784.